The lowest BCUT2D eigenvalue weighted by atomic mass is 9.86. The largest absolute Gasteiger partial charge is 0.710 e. The van der Waals surface area contributed by atoms with Gasteiger partial charge in [0.15, 0.2) is 5.78 Å². The lowest BCUT2D eigenvalue weighted by Crippen LogP contribution is -2.30. The Kier molecular flexibility index (Phi) is 6.05. The Hall–Kier alpha value is -1.82. The highest BCUT2D eigenvalue weighted by Crippen LogP contribution is 2.31. The average Bonchev–Trinajstić information content (AvgIpc) is 2.53. The van der Waals surface area contributed by atoms with Crippen molar-refractivity contribution in [3.8, 4) is 5.75 Å². The molecule has 4 nitrogen and oxygen atoms in total. The van der Waals surface area contributed by atoms with Gasteiger partial charge in [0.1, 0.15) is 5.75 Å². The fourth-order valence-corrected chi connectivity index (χ4v) is 2.32. The summed E-state index contributed by atoms with van der Waals surface area (Å²) in [4.78, 5) is 12.0. The van der Waals surface area contributed by atoms with Crippen LogP contribution in [0.25, 0.3) is 0 Å². The summed E-state index contributed by atoms with van der Waals surface area (Å²) in [7, 11) is -1.52. The minimum atomic E-state index is -1.52. The molecule has 2 aromatic rings. The maximum atomic E-state index is 12.0. The van der Waals surface area contributed by atoms with E-state index in [1.54, 1.807) is 30.3 Å². The first-order valence-corrected chi connectivity index (χ1v) is 8.00. The Labute approximate surface area is 147 Å². The van der Waals surface area contributed by atoms with Gasteiger partial charge in [-0.3, -0.25) is 4.79 Å². The monoisotopic (exact) mass is 346 g/mol. The summed E-state index contributed by atoms with van der Waals surface area (Å²) >= 11 is 5.78. The third-order valence-electron chi connectivity index (χ3n) is 3.45. The zero-order chi connectivity index (χ0) is 17.7. The van der Waals surface area contributed by atoms with Gasteiger partial charge in [0.25, 0.3) is 0 Å². The number of carbonyl (C=O) groups excluding carboxylic acids is 1. The summed E-state index contributed by atoms with van der Waals surface area (Å²) in [6.07, 6.45) is 0. The zero-order valence-corrected chi connectivity index (χ0v) is 14.7. The van der Waals surface area contributed by atoms with Crippen molar-refractivity contribution in [2.24, 2.45) is 0 Å². The van der Waals surface area contributed by atoms with Gasteiger partial charge in [0.2, 0.25) is 0 Å². The van der Waals surface area contributed by atoms with Gasteiger partial charge in [-0.15, -0.1) is 0 Å². The maximum Gasteiger partial charge on any atom is 0.710 e. The van der Waals surface area contributed by atoms with Gasteiger partial charge in [-0.1, -0.05) is 50.6 Å². The zero-order valence-electron chi connectivity index (χ0n) is 14.0. The van der Waals surface area contributed by atoms with Crippen LogP contribution in [0.15, 0.2) is 48.5 Å². The Morgan fingerprint density at radius 3 is 2.38 bits per heavy atom. The lowest BCUT2D eigenvalue weighted by molar-refractivity contribution is 0.0873. The first-order valence-electron chi connectivity index (χ1n) is 7.62. The minimum absolute atomic E-state index is 0.143. The van der Waals surface area contributed by atoms with E-state index >= 15 is 0 Å². The Morgan fingerprint density at radius 1 is 1.12 bits per heavy atom. The number of benzene rings is 2. The molecule has 0 saturated carbocycles. The van der Waals surface area contributed by atoms with Crippen LogP contribution in [0.3, 0.4) is 0 Å². The molecule has 2 rings (SSSR count). The van der Waals surface area contributed by atoms with Crippen molar-refractivity contribution in [1.29, 1.82) is 0 Å². The number of para-hydroxylation sites is 1. The molecule has 2 aromatic carbocycles. The van der Waals surface area contributed by atoms with E-state index in [4.69, 9.17) is 20.9 Å². The highest BCUT2D eigenvalue weighted by Gasteiger charge is 2.25. The summed E-state index contributed by atoms with van der Waals surface area (Å²) in [6.45, 7) is 5.85. The Balaban J connectivity index is 1.96. The van der Waals surface area contributed by atoms with Gasteiger partial charge < -0.3 is 14.3 Å². The van der Waals surface area contributed by atoms with Crippen LogP contribution in [0.4, 0.5) is 0 Å². The number of hydrogen-bond acceptors (Lipinski definition) is 4. The molecule has 0 amide bonds. The van der Waals surface area contributed by atoms with Crippen molar-refractivity contribution < 1.29 is 19.1 Å². The number of ketones is 1. The second-order valence-electron chi connectivity index (χ2n) is 6.41. The summed E-state index contributed by atoms with van der Waals surface area (Å²) in [5.74, 6) is 0.259. The van der Waals surface area contributed by atoms with Crippen molar-refractivity contribution >= 4 is 24.7 Å². The number of carbonyl (C=O) groups is 1. The highest BCUT2D eigenvalue weighted by atomic mass is 35.5. The van der Waals surface area contributed by atoms with Gasteiger partial charge in [-0.2, -0.15) is 0 Å². The summed E-state index contributed by atoms with van der Waals surface area (Å²) < 4.78 is 10.5. The molecule has 0 atom stereocenters. The van der Waals surface area contributed by atoms with Crippen molar-refractivity contribution in [1.82, 2.24) is 0 Å². The molecule has 0 unspecified atom stereocenters. The van der Waals surface area contributed by atoms with Crippen molar-refractivity contribution in [3.63, 3.8) is 0 Å². The van der Waals surface area contributed by atoms with Crippen LogP contribution >= 0.6 is 11.6 Å². The number of halogens is 1. The molecule has 0 saturated heterocycles. The summed E-state index contributed by atoms with van der Waals surface area (Å²) in [6, 6.07) is 13.9. The van der Waals surface area contributed by atoms with Crippen LogP contribution in [-0.4, -0.2) is 24.7 Å². The smallest absolute Gasteiger partial charge is 0.512 e. The Morgan fingerprint density at radius 2 is 1.75 bits per heavy atom. The second kappa shape index (κ2) is 7.84. The van der Waals surface area contributed by atoms with Crippen LogP contribution in [0.2, 0.25) is 5.02 Å². The third kappa shape index (κ3) is 5.10. The topological polar surface area (TPSA) is 55.8 Å². The van der Waals surface area contributed by atoms with Crippen molar-refractivity contribution in [2.75, 3.05) is 6.61 Å². The van der Waals surface area contributed by atoms with Crippen LogP contribution in [0, 0.1) is 0 Å². The molecule has 0 aliphatic rings. The van der Waals surface area contributed by atoms with Gasteiger partial charge in [0, 0.05) is 10.6 Å². The first kappa shape index (κ1) is 18.5. The predicted octanol–water partition coefficient (Wildman–Crippen LogP) is 3.89. The van der Waals surface area contributed by atoms with E-state index in [1.807, 2.05) is 39.0 Å². The van der Waals surface area contributed by atoms with Crippen molar-refractivity contribution in [3.05, 3.63) is 64.7 Å². The maximum absolute atomic E-state index is 12.0. The molecule has 0 aliphatic carbocycles. The number of rotatable bonds is 6. The molecule has 24 heavy (non-hydrogen) atoms. The molecule has 1 N–H and O–H groups in total. The molecular formula is C18H20BClO4. The lowest BCUT2D eigenvalue weighted by Gasteiger charge is -2.23. The predicted molar refractivity (Wildman–Crippen MR) is 95.5 cm³/mol. The average molecular weight is 347 g/mol. The van der Waals surface area contributed by atoms with Crippen LogP contribution < -0.4 is 4.65 Å². The van der Waals surface area contributed by atoms with E-state index in [0.717, 1.165) is 5.56 Å². The minimum Gasteiger partial charge on any atom is -0.512 e. The SMILES string of the molecule is CC(C)(C)c1ccccc1OB(O)OCC(=O)c1ccc(Cl)cc1. The Bertz CT molecular complexity index is 695. The van der Waals surface area contributed by atoms with E-state index in [2.05, 4.69) is 0 Å². The third-order valence-corrected chi connectivity index (χ3v) is 3.70. The first-order chi connectivity index (χ1) is 11.3. The van der Waals surface area contributed by atoms with E-state index in [0.29, 0.717) is 16.3 Å². The molecule has 0 aromatic heterocycles. The van der Waals surface area contributed by atoms with E-state index < -0.39 is 7.32 Å². The van der Waals surface area contributed by atoms with E-state index in [1.165, 1.54) is 0 Å². The molecule has 126 valence electrons. The fraction of sp³-hybridized carbons (Fsp3) is 0.278. The summed E-state index contributed by atoms with van der Waals surface area (Å²) in [5.41, 5.74) is 1.26. The van der Waals surface area contributed by atoms with E-state index in [9.17, 15) is 9.82 Å². The van der Waals surface area contributed by atoms with Gasteiger partial charge >= 0.3 is 7.32 Å². The van der Waals surface area contributed by atoms with Crippen molar-refractivity contribution in [2.45, 2.75) is 26.2 Å². The molecule has 0 heterocycles. The van der Waals surface area contributed by atoms with Crippen LogP contribution in [0.1, 0.15) is 36.7 Å². The van der Waals surface area contributed by atoms with Gasteiger partial charge in [0.05, 0.1) is 6.61 Å². The van der Waals surface area contributed by atoms with Crippen LogP contribution in [0.5, 0.6) is 5.75 Å². The molecular weight excluding hydrogens is 326 g/mol. The van der Waals surface area contributed by atoms with Gasteiger partial charge in [-0.05, 0) is 41.3 Å². The quantitative estimate of drug-likeness (QED) is 0.637. The standard InChI is InChI=1S/C18H20BClO4/c1-18(2,3)15-6-4-5-7-17(15)24-19(22)23-12-16(21)13-8-10-14(20)11-9-13/h4-11,22H,12H2,1-3H3. The molecule has 0 aliphatic heterocycles. The fourth-order valence-electron chi connectivity index (χ4n) is 2.20. The van der Waals surface area contributed by atoms with Gasteiger partial charge in [-0.25, -0.2) is 0 Å². The molecule has 0 fully saturated rings. The molecule has 0 spiro atoms. The van der Waals surface area contributed by atoms with E-state index in [-0.39, 0.29) is 17.8 Å². The second-order valence-corrected chi connectivity index (χ2v) is 6.85. The normalized spacial score (nSPS) is 11.2. The highest BCUT2D eigenvalue weighted by molar-refractivity contribution is 6.36. The van der Waals surface area contributed by atoms with Crippen LogP contribution in [-0.2, 0) is 10.1 Å². The molecule has 0 bridgehead atoms. The number of Topliss-reactive ketones (excluding diaryl/α,β-unsaturated/α-hetero) is 1. The molecule has 0 radical (unpaired) electrons. The molecule has 6 heteroatoms. The number of hydrogen-bond donors (Lipinski definition) is 1. The summed E-state index contributed by atoms with van der Waals surface area (Å²) in [5, 5.41) is 10.5.